The van der Waals surface area contributed by atoms with E-state index < -0.39 is 15.9 Å². The predicted molar refractivity (Wildman–Crippen MR) is 81.8 cm³/mol. The molecule has 4 N–H and O–H groups in total. The standard InChI is InChI=1S/C14H21N3O4S/c1-21-12-8-7-10(14(18)16-15)9-13(12)22(19,20)17-11-5-3-2-4-6-11/h7-9,11,17H,2-6,15H2,1H3,(H,16,18). The lowest BCUT2D eigenvalue weighted by Crippen LogP contribution is -2.36. The summed E-state index contributed by atoms with van der Waals surface area (Å²) in [6, 6.07) is 4.10. The Morgan fingerprint density at radius 2 is 1.95 bits per heavy atom. The van der Waals surface area contributed by atoms with E-state index in [0.29, 0.717) is 0 Å². The van der Waals surface area contributed by atoms with Gasteiger partial charge in [0, 0.05) is 11.6 Å². The van der Waals surface area contributed by atoms with Gasteiger partial charge in [-0.2, -0.15) is 0 Å². The number of hydrogen-bond acceptors (Lipinski definition) is 5. The summed E-state index contributed by atoms with van der Waals surface area (Å²) in [4.78, 5) is 11.5. The van der Waals surface area contributed by atoms with Crippen LogP contribution in [0.3, 0.4) is 0 Å². The van der Waals surface area contributed by atoms with E-state index in [1.54, 1.807) is 0 Å². The van der Waals surface area contributed by atoms with Gasteiger partial charge >= 0.3 is 0 Å². The predicted octanol–water partition coefficient (Wildman–Crippen LogP) is 0.910. The van der Waals surface area contributed by atoms with Crippen molar-refractivity contribution in [1.82, 2.24) is 10.1 Å². The number of hydrogen-bond donors (Lipinski definition) is 3. The van der Waals surface area contributed by atoms with Gasteiger partial charge in [-0.15, -0.1) is 0 Å². The highest BCUT2D eigenvalue weighted by Crippen LogP contribution is 2.27. The molecule has 0 unspecified atom stereocenters. The number of amides is 1. The Hall–Kier alpha value is -1.64. The number of methoxy groups -OCH3 is 1. The molecule has 1 aromatic rings. The van der Waals surface area contributed by atoms with E-state index in [-0.39, 0.29) is 22.3 Å². The van der Waals surface area contributed by atoms with Gasteiger partial charge in [-0.3, -0.25) is 10.2 Å². The minimum Gasteiger partial charge on any atom is -0.495 e. The van der Waals surface area contributed by atoms with Crippen LogP contribution in [0.4, 0.5) is 0 Å². The van der Waals surface area contributed by atoms with Crippen LogP contribution in [0, 0.1) is 0 Å². The van der Waals surface area contributed by atoms with Crippen molar-refractivity contribution in [1.29, 1.82) is 0 Å². The molecule has 1 amide bonds. The Balaban J connectivity index is 2.32. The minimum atomic E-state index is -3.76. The van der Waals surface area contributed by atoms with E-state index in [0.717, 1.165) is 32.1 Å². The Morgan fingerprint density at radius 1 is 1.27 bits per heavy atom. The van der Waals surface area contributed by atoms with Crippen LogP contribution in [0.15, 0.2) is 23.1 Å². The monoisotopic (exact) mass is 327 g/mol. The summed E-state index contributed by atoms with van der Waals surface area (Å²) < 4.78 is 33.0. The number of sulfonamides is 1. The first kappa shape index (κ1) is 16.7. The molecule has 22 heavy (non-hydrogen) atoms. The molecule has 1 aliphatic rings. The Bertz CT molecular complexity index is 639. The topological polar surface area (TPSA) is 111 Å². The van der Waals surface area contributed by atoms with Gasteiger partial charge in [0.15, 0.2) is 0 Å². The van der Waals surface area contributed by atoms with Gasteiger partial charge in [-0.25, -0.2) is 19.0 Å². The van der Waals surface area contributed by atoms with E-state index in [2.05, 4.69) is 4.72 Å². The number of ether oxygens (including phenoxy) is 1. The molecule has 1 aromatic carbocycles. The van der Waals surface area contributed by atoms with Gasteiger partial charge in [0.1, 0.15) is 10.6 Å². The fourth-order valence-corrected chi connectivity index (χ4v) is 4.11. The van der Waals surface area contributed by atoms with Crippen molar-refractivity contribution in [2.45, 2.75) is 43.0 Å². The zero-order valence-electron chi connectivity index (χ0n) is 12.5. The van der Waals surface area contributed by atoms with Crippen molar-refractivity contribution in [3.63, 3.8) is 0 Å². The fourth-order valence-electron chi connectivity index (χ4n) is 2.61. The first-order valence-electron chi connectivity index (χ1n) is 7.19. The van der Waals surface area contributed by atoms with Crippen LogP contribution < -0.4 is 20.7 Å². The number of carbonyl (C=O) groups is 1. The second-order valence-corrected chi connectivity index (χ2v) is 6.98. The third-order valence-electron chi connectivity index (χ3n) is 3.77. The van der Waals surface area contributed by atoms with Crippen LogP contribution in [0.25, 0.3) is 0 Å². The summed E-state index contributed by atoms with van der Waals surface area (Å²) in [6.07, 6.45) is 4.81. The highest BCUT2D eigenvalue weighted by atomic mass is 32.2. The average Bonchev–Trinajstić information content (AvgIpc) is 2.54. The van der Waals surface area contributed by atoms with E-state index in [4.69, 9.17) is 10.6 Å². The molecule has 1 fully saturated rings. The van der Waals surface area contributed by atoms with Crippen molar-refractivity contribution in [2.75, 3.05) is 7.11 Å². The number of nitrogens with one attached hydrogen (secondary N) is 2. The number of nitrogen functional groups attached to an aromatic ring is 1. The molecule has 0 bridgehead atoms. The molecular weight excluding hydrogens is 306 g/mol. The molecule has 2 rings (SSSR count). The summed E-state index contributed by atoms with van der Waals surface area (Å²) in [5, 5.41) is 0. The summed E-state index contributed by atoms with van der Waals surface area (Å²) in [5.74, 6) is 4.72. The number of hydrazine groups is 1. The van der Waals surface area contributed by atoms with E-state index >= 15 is 0 Å². The van der Waals surface area contributed by atoms with E-state index in [1.165, 1.54) is 25.3 Å². The molecule has 8 heteroatoms. The minimum absolute atomic E-state index is 0.0540. The summed E-state index contributed by atoms with van der Waals surface area (Å²) in [6.45, 7) is 0. The molecule has 0 aromatic heterocycles. The second-order valence-electron chi connectivity index (χ2n) is 5.30. The maximum absolute atomic E-state index is 12.6. The molecule has 0 radical (unpaired) electrons. The summed E-state index contributed by atoms with van der Waals surface area (Å²) in [5.41, 5.74) is 2.14. The van der Waals surface area contributed by atoms with Gasteiger partial charge < -0.3 is 4.74 Å². The van der Waals surface area contributed by atoms with Crippen molar-refractivity contribution in [2.24, 2.45) is 5.84 Å². The van der Waals surface area contributed by atoms with E-state index in [9.17, 15) is 13.2 Å². The van der Waals surface area contributed by atoms with Crippen LogP contribution >= 0.6 is 0 Å². The molecule has 0 saturated heterocycles. The van der Waals surface area contributed by atoms with Crippen molar-refractivity contribution < 1.29 is 17.9 Å². The van der Waals surface area contributed by atoms with Crippen molar-refractivity contribution >= 4 is 15.9 Å². The lowest BCUT2D eigenvalue weighted by atomic mass is 9.96. The summed E-state index contributed by atoms with van der Waals surface area (Å²) in [7, 11) is -2.38. The number of carbonyl (C=O) groups excluding carboxylic acids is 1. The molecular formula is C14H21N3O4S. The van der Waals surface area contributed by atoms with Gasteiger partial charge in [-0.1, -0.05) is 19.3 Å². The lowest BCUT2D eigenvalue weighted by Gasteiger charge is -2.23. The molecule has 0 heterocycles. The molecule has 1 saturated carbocycles. The number of benzene rings is 1. The van der Waals surface area contributed by atoms with Crippen LogP contribution in [0.2, 0.25) is 0 Å². The van der Waals surface area contributed by atoms with Crippen LogP contribution in [0.1, 0.15) is 42.5 Å². The Kier molecular flexibility index (Phi) is 5.38. The second kappa shape index (κ2) is 7.08. The lowest BCUT2D eigenvalue weighted by molar-refractivity contribution is 0.0953. The third kappa shape index (κ3) is 3.76. The number of nitrogens with two attached hydrogens (primary N) is 1. The van der Waals surface area contributed by atoms with Gasteiger partial charge in [0.25, 0.3) is 5.91 Å². The first-order valence-corrected chi connectivity index (χ1v) is 8.67. The maximum atomic E-state index is 12.6. The van der Waals surface area contributed by atoms with Crippen LogP contribution in [0.5, 0.6) is 5.75 Å². The molecule has 0 aliphatic heterocycles. The highest BCUT2D eigenvalue weighted by molar-refractivity contribution is 7.89. The quantitative estimate of drug-likeness (QED) is 0.423. The maximum Gasteiger partial charge on any atom is 0.265 e. The first-order chi connectivity index (χ1) is 10.5. The molecule has 0 spiro atoms. The third-order valence-corrected chi connectivity index (χ3v) is 5.32. The fraction of sp³-hybridized carbons (Fsp3) is 0.500. The van der Waals surface area contributed by atoms with Crippen LogP contribution in [-0.4, -0.2) is 27.5 Å². The largest absolute Gasteiger partial charge is 0.495 e. The Labute approximate surface area is 130 Å². The van der Waals surface area contributed by atoms with Crippen molar-refractivity contribution in [3.05, 3.63) is 23.8 Å². The smallest absolute Gasteiger partial charge is 0.265 e. The molecule has 122 valence electrons. The number of rotatable bonds is 5. The summed E-state index contributed by atoms with van der Waals surface area (Å²) >= 11 is 0. The molecule has 1 aliphatic carbocycles. The van der Waals surface area contributed by atoms with Crippen LogP contribution in [-0.2, 0) is 10.0 Å². The zero-order chi connectivity index (χ0) is 16.2. The van der Waals surface area contributed by atoms with Gasteiger partial charge in [0.2, 0.25) is 10.0 Å². The zero-order valence-corrected chi connectivity index (χ0v) is 13.3. The molecule has 0 atom stereocenters. The average molecular weight is 327 g/mol. The SMILES string of the molecule is COc1ccc(C(=O)NN)cc1S(=O)(=O)NC1CCCCC1. The molecule has 7 nitrogen and oxygen atoms in total. The van der Waals surface area contributed by atoms with Crippen molar-refractivity contribution in [3.8, 4) is 5.75 Å². The highest BCUT2D eigenvalue weighted by Gasteiger charge is 2.25. The Morgan fingerprint density at radius 3 is 2.55 bits per heavy atom. The van der Waals surface area contributed by atoms with Gasteiger partial charge in [-0.05, 0) is 31.0 Å². The van der Waals surface area contributed by atoms with Gasteiger partial charge in [0.05, 0.1) is 7.11 Å². The van der Waals surface area contributed by atoms with E-state index in [1.807, 2.05) is 5.43 Å². The normalized spacial score (nSPS) is 16.3.